The van der Waals surface area contributed by atoms with E-state index in [2.05, 4.69) is 10.5 Å². The minimum absolute atomic E-state index is 0.0491. The van der Waals surface area contributed by atoms with Crippen molar-refractivity contribution in [2.24, 2.45) is 10.9 Å². The molecular formula is C12H23N3O3. The summed E-state index contributed by atoms with van der Waals surface area (Å²) in [6, 6.07) is 0. The quantitative estimate of drug-likeness (QED) is 0.305. The summed E-state index contributed by atoms with van der Waals surface area (Å²) in [5.41, 5.74) is 4.39. The maximum atomic E-state index is 11.8. The average Bonchev–Trinajstić information content (AvgIpc) is 2.26. The largest absolute Gasteiger partial charge is 0.444 e. The molecule has 0 heterocycles. The predicted molar refractivity (Wildman–Crippen MR) is 68.6 cm³/mol. The van der Waals surface area contributed by atoms with Crippen molar-refractivity contribution in [3.63, 3.8) is 0 Å². The molecule has 1 fully saturated rings. The topological polar surface area (TPSA) is 96.9 Å². The van der Waals surface area contributed by atoms with Crippen LogP contribution in [0.3, 0.4) is 0 Å². The van der Waals surface area contributed by atoms with Crippen LogP contribution in [-0.4, -0.2) is 28.3 Å². The van der Waals surface area contributed by atoms with Gasteiger partial charge < -0.3 is 21.0 Å². The first-order chi connectivity index (χ1) is 8.29. The number of carbonyl (C=O) groups is 1. The second kappa shape index (κ2) is 5.46. The highest BCUT2D eigenvalue weighted by atomic mass is 16.6. The van der Waals surface area contributed by atoms with Crippen molar-refractivity contribution in [3.8, 4) is 0 Å². The normalized spacial score (nSPS) is 20.3. The third kappa shape index (κ3) is 3.78. The molecule has 0 saturated heterocycles. The van der Waals surface area contributed by atoms with E-state index in [0.29, 0.717) is 12.8 Å². The molecule has 1 amide bonds. The van der Waals surface area contributed by atoms with Gasteiger partial charge in [-0.2, -0.15) is 0 Å². The molecule has 1 rings (SSSR count). The zero-order chi connectivity index (χ0) is 13.8. The molecule has 1 aliphatic carbocycles. The predicted octanol–water partition coefficient (Wildman–Crippen LogP) is 1.96. The first-order valence-corrected chi connectivity index (χ1v) is 6.28. The lowest BCUT2D eigenvalue weighted by Gasteiger charge is -2.37. The van der Waals surface area contributed by atoms with Gasteiger partial charge in [0.15, 0.2) is 5.84 Å². The van der Waals surface area contributed by atoms with Gasteiger partial charge in [-0.3, -0.25) is 0 Å². The number of alkyl carbamates (subject to hydrolysis) is 1. The van der Waals surface area contributed by atoms with Gasteiger partial charge in [-0.15, -0.1) is 0 Å². The highest BCUT2D eigenvalue weighted by molar-refractivity contribution is 5.92. The van der Waals surface area contributed by atoms with Gasteiger partial charge in [0.05, 0.1) is 0 Å². The van der Waals surface area contributed by atoms with Crippen LogP contribution in [0.1, 0.15) is 52.9 Å². The standard InChI is InChI=1S/C12H23N3O3/c1-11(2,3)18-10(16)14-12(9(13)15-17)7-5-4-6-8-12/h17H,4-8H2,1-3H3,(H2,13,15)(H,14,16). The zero-order valence-corrected chi connectivity index (χ0v) is 11.3. The van der Waals surface area contributed by atoms with Gasteiger partial charge in [0.1, 0.15) is 11.1 Å². The molecule has 6 heteroatoms. The van der Waals surface area contributed by atoms with Crippen molar-refractivity contribution in [2.75, 3.05) is 0 Å². The molecule has 0 radical (unpaired) electrons. The summed E-state index contributed by atoms with van der Waals surface area (Å²) in [5, 5.41) is 14.7. The summed E-state index contributed by atoms with van der Waals surface area (Å²) in [5.74, 6) is 0.0491. The van der Waals surface area contributed by atoms with Crippen molar-refractivity contribution >= 4 is 11.9 Å². The van der Waals surface area contributed by atoms with Crippen LogP contribution in [0, 0.1) is 0 Å². The Morgan fingerprint density at radius 3 is 2.33 bits per heavy atom. The molecule has 1 aliphatic rings. The minimum Gasteiger partial charge on any atom is -0.444 e. The van der Waals surface area contributed by atoms with Crippen LogP contribution in [0.4, 0.5) is 4.79 Å². The Bertz CT molecular complexity index is 328. The SMILES string of the molecule is CC(C)(C)OC(=O)NC1(/C(N)=N\O)CCCCC1. The van der Waals surface area contributed by atoms with Crippen LogP contribution in [-0.2, 0) is 4.74 Å². The van der Waals surface area contributed by atoms with E-state index in [1.807, 2.05) is 0 Å². The van der Waals surface area contributed by atoms with E-state index in [9.17, 15) is 4.79 Å². The number of amidine groups is 1. The number of amides is 1. The van der Waals surface area contributed by atoms with Crippen molar-refractivity contribution in [1.82, 2.24) is 5.32 Å². The molecule has 104 valence electrons. The number of carbonyl (C=O) groups excluding carboxylic acids is 1. The van der Waals surface area contributed by atoms with E-state index >= 15 is 0 Å². The fourth-order valence-electron chi connectivity index (χ4n) is 2.20. The second-order valence-corrected chi connectivity index (χ2v) is 5.75. The summed E-state index contributed by atoms with van der Waals surface area (Å²) in [7, 11) is 0. The van der Waals surface area contributed by atoms with E-state index in [0.717, 1.165) is 19.3 Å². The first-order valence-electron chi connectivity index (χ1n) is 6.28. The molecule has 1 saturated carbocycles. The molecule has 6 nitrogen and oxygen atoms in total. The average molecular weight is 257 g/mol. The lowest BCUT2D eigenvalue weighted by atomic mass is 9.81. The number of oxime groups is 1. The number of nitrogens with one attached hydrogen (secondary N) is 1. The Morgan fingerprint density at radius 1 is 1.33 bits per heavy atom. The number of ether oxygens (including phenoxy) is 1. The van der Waals surface area contributed by atoms with Gasteiger partial charge in [-0.05, 0) is 33.6 Å². The first kappa shape index (κ1) is 14.6. The van der Waals surface area contributed by atoms with Crippen LogP contribution in [0.15, 0.2) is 5.16 Å². The van der Waals surface area contributed by atoms with Crippen LogP contribution >= 0.6 is 0 Å². The van der Waals surface area contributed by atoms with Crippen LogP contribution in [0.25, 0.3) is 0 Å². The molecule has 0 spiro atoms. The molecular weight excluding hydrogens is 234 g/mol. The summed E-state index contributed by atoms with van der Waals surface area (Å²) in [4.78, 5) is 11.8. The molecule has 0 aromatic rings. The monoisotopic (exact) mass is 257 g/mol. The molecule has 0 atom stereocenters. The fourth-order valence-corrected chi connectivity index (χ4v) is 2.20. The van der Waals surface area contributed by atoms with Crippen LogP contribution in [0.5, 0.6) is 0 Å². The highest BCUT2D eigenvalue weighted by Gasteiger charge is 2.39. The lowest BCUT2D eigenvalue weighted by Crippen LogP contribution is -2.59. The fraction of sp³-hybridized carbons (Fsp3) is 0.833. The molecule has 0 bridgehead atoms. The third-order valence-corrected chi connectivity index (χ3v) is 3.05. The van der Waals surface area contributed by atoms with E-state index in [1.54, 1.807) is 20.8 Å². The van der Waals surface area contributed by atoms with Gasteiger partial charge in [-0.25, -0.2) is 4.79 Å². The number of nitrogens with two attached hydrogens (primary N) is 1. The Morgan fingerprint density at radius 2 is 1.89 bits per heavy atom. The van der Waals surface area contributed by atoms with Crippen molar-refractivity contribution in [2.45, 2.75) is 64.0 Å². The molecule has 18 heavy (non-hydrogen) atoms. The Hall–Kier alpha value is -1.46. The van der Waals surface area contributed by atoms with Crippen molar-refractivity contribution < 1.29 is 14.7 Å². The Balaban J connectivity index is 2.76. The van der Waals surface area contributed by atoms with Crippen molar-refractivity contribution in [1.29, 1.82) is 0 Å². The Labute approximate surface area is 108 Å². The second-order valence-electron chi connectivity index (χ2n) is 5.75. The molecule has 0 aromatic heterocycles. The summed E-state index contributed by atoms with van der Waals surface area (Å²) in [6.07, 6.45) is 3.77. The minimum atomic E-state index is -0.769. The number of hydrogen-bond acceptors (Lipinski definition) is 4. The van der Waals surface area contributed by atoms with E-state index in [1.165, 1.54) is 0 Å². The zero-order valence-electron chi connectivity index (χ0n) is 11.3. The molecule has 0 aromatic carbocycles. The van der Waals surface area contributed by atoms with Gasteiger partial charge >= 0.3 is 6.09 Å². The summed E-state index contributed by atoms with van der Waals surface area (Å²) >= 11 is 0. The number of hydrogen-bond donors (Lipinski definition) is 3. The molecule has 0 unspecified atom stereocenters. The maximum Gasteiger partial charge on any atom is 0.408 e. The van der Waals surface area contributed by atoms with Crippen molar-refractivity contribution in [3.05, 3.63) is 0 Å². The smallest absolute Gasteiger partial charge is 0.408 e. The van der Waals surface area contributed by atoms with Gasteiger partial charge in [-0.1, -0.05) is 24.4 Å². The van der Waals surface area contributed by atoms with E-state index in [4.69, 9.17) is 15.7 Å². The van der Waals surface area contributed by atoms with Gasteiger partial charge in [0.2, 0.25) is 0 Å². The van der Waals surface area contributed by atoms with Gasteiger partial charge in [0, 0.05) is 0 Å². The summed E-state index contributed by atoms with van der Waals surface area (Å²) < 4.78 is 5.22. The van der Waals surface area contributed by atoms with Crippen LogP contribution in [0.2, 0.25) is 0 Å². The number of rotatable bonds is 2. The van der Waals surface area contributed by atoms with E-state index < -0.39 is 17.2 Å². The lowest BCUT2D eigenvalue weighted by molar-refractivity contribution is 0.0466. The van der Waals surface area contributed by atoms with Crippen LogP contribution < -0.4 is 11.1 Å². The maximum absolute atomic E-state index is 11.8. The number of nitrogens with zero attached hydrogens (tertiary/aromatic N) is 1. The third-order valence-electron chi connectivity index (χ3n) is 3.05. The highest BCUT2D eigenvalue weighted by Crippen LogP contribution is 2.28. The van der Waals surface area contributed by atoms with E-state index in [-0.39, 0.29) is 5.84 Å². The molecule has 4 N–H and O–H groups in total. The summed E-state index contributed by atoms with van der Waals surface area (Å²) in [6.45, 7) is 5.39. The molecule has 0 aliphatic heterocycles. The Kier molecular flexibility index (Phi) is 4.43. The van der Waals surface area contributed by atoms with Gasteiger partial charge in [0.25, 0.3) is 0 Å².